The van der Waals surface area contributed by atoms with E-state index in [9.17, 15) is 4.79 Å². The second-order valence-corrected chi connectivity index (χ2v) is 8.31. The van der Waals surface area contributed by atoms with Gasteiger partial charge in [0, 0.05) is 28.5 Å². The monoisotopic (exact) mass is 391 g/mol. The van der Waals surface area contributed by atoms with Crippen LogP contribution in [0.15, 0.2) is 36.4 Å². The number of fused-ring (bicyclic) bond motifs is 1. The molecule has 0 bridgehead atoms. The Labute approximate surface area is 164 Å². The van der Waals surface area contributed by atoms with E-state index < -0.39 is 0 Å². The molecule has 0 aromatic heterocycles. The van der Waals surface area contributed by atoms with Crippen LogP contribution < -0.4 is 10.1 Å². The van der Waals surface area contributed by atoms with Crippen molar-refractivity contribution in [1.82, 2.24) is 5.32 Å². The summed E-state index contributed by atoms with van der Waals surface area (Å²) in [5, 5.41) is 4.36. The third kappa shape index (κ3) is 4.52. The number of rotatable bonds is 4. The minimum Gasteiger partial charge on any atom is -0.487 e. The van der Waals surface area contributed by atoms with Crippen LogP contribution in [0.5, 0.6) is 5.75 Å². The lowest BCUT2D eigenvalue weighted by Gasteiger charge is -2.38. The van der Waals surface area contributed by atoms with Crippen LogP contribution in [0.4, 0.5) is 0 Å². The maximum absolute atomic E-state index is 12.5. The van der Waals surface area contributed by atoms with Crippen molar-refractivity contribution in [2.75, 3.05) is 0 Å². The largest absolute Gasteiger partial charge is 0.487 e. The van der Waals surface area contributed by atoms with E-state index in [-0.39, 0.29) is 17.6 Å². The second kappa shape index (κ2) is 7.50. The average molecular weight is 392 g/mol. The van der Waals surface area contributed by atoms with Crippen LogP contribution in [0, 0.1) is 6.92 Å². The fraction of sp³-hybridized carbons (Fsp3) is 0.381. The third-order valence-corrected chi connectivity index (χ3v) is 5.18. The first-order valence-corrected chi connectivity index (χ1v) is 9.52. The molecule has 3 rings (SSSR count). The number of benzene rings is 2. The lowest BCUT2D eigenvalue weighted by molar-refractivity contribution is -0.122. The lowest BCUT2D eigenvalue weighted by atomic mass is 9.89. The number of nitrogens with one attached hydrogen (secondary N) is 1. The van der Waals surface area contributed by atoms with Crippen LogP contribution in [-0.2, 0) is 11.2 Å². The summed E-state index contributed by atoms with van der Waals surface area (Å²) in [5.41, 5.74) is 2.80. The molecule has 1 heterocycles. The van der Waals surface area contributed by atoms with Gasteiger partial charge in [0.05, 0.1) is 6.04 Å². The molecule has 1 aliphatic heterocycles. The van der Waals surface area contributed by atoms with E-state index in [1.807, 2.05) is 39.0 Å². The summed E-state index contributed by atoms with van der Waals surface area (Å²) in [7, 11) is 0. The molecule has 2 aromatic rings. The van der Waals surface area contributed by atoms with Gasteiger partial charge in [-0.1, -0.05) is 47.0 Å². The molecule has 138 valence electrons. The zero-order valence-electron chi connectivity index (χ0n) is 15.2. The summed E-state index contributed by atoms with van der Waals surface area (Å²) in [4.78, 5) is 12.5. The highest BCUT2D eigenvalue weighted by molar-refractivity contribution is 6.35. The van der Waals surface area contributed by atoms with Gasteiger partial charge in [0.2, 0.25) is 5.91 Å². The molecule has 5 heteroatoms. The van der Waals surface area contributed by atoms with E-state index in [0.29, 0.717) is 22.9 Å². The van der Waals surface area contributed by atoms with Crippen molar-refractivity contribution in [3.63, 3.8) is 0 Å². The van der Waals surface area contributed by atoms with Crippen LogP contribution in [0.2, 0.25) is 10.0 Å². The number of hydrogen-bond donors (Lipinski definition) is 1. The van der Waals surface area contributed by atoms with Crippen molar-refractivity contribution in [1.29, 1.82) is 0 Å². The third-order valence-electron chi connectivity index (χ3n) is 4.59. The standard InChI is InChI=1S/C21H23Cl2NO2/c1-13-4-8-19-16(10-13)18(12-21(2,3)26-19)24-20(25)9-6-14-5-7-15(22)11-17(14)23/h4-5,7-8,10-11,18H,6,9,12H2,1-3H3,(H,24,25). The summed E-state index contributed by atoms with van der Waals surface area (Å²) in [6.45, 7) is 6.13. The van der Waals surface area contributed by atoms with Crippen LogP contribution in [-0.4, -0.2) is 11.5 Å². The molecule has 0 fully saturated rings. The molecule has 0 saturated heterocycles. The van der Waals surface area contributed by atoms with Gasteiger partial charge in [-0.3, -0.25) is 4.79 Å². The van der Waals surface area contributed by atoms with Gasteiger partial charge in [0.25, 0.3) is 0 Å². The van der Waals surface area contributed by atoms with Gasteiger partial charge in [0.15, 0.2) is 0 Å². The molecule has 1 atom stereocenters. The van der Waals surface area contributed by atoms with Gasteiger partial charge in [-0.05, 0) is 51.0 Å². The van der Waals surface area contributed by atoms with Crippen LogP contribution in [0.1, 0.15) is 49.4 Å². The summed E-state index contributed by atoms with van der Waals surface area (Å²) < 4.78 is 6.06. The van der Waals surface area contributed by atoms with E-state index in [4.69, 9.17) is 27.9 Å². The fourth-order valence-electron chi connectivity index (χ4n) is 3.34. The molecule has 0 saturated carbocycles. The first kappa shape index (κ1) is 19.1. The van der Waals surface area contributed by atoms with Gasteiger partial charge in [-0.25, -0.2) is 0 Å². The summed E-state index contributed by atoms with van der Waals surface area (Å²) in [6, 6.07) is 11.4. The van der Waals surface area contributed by atoms with Crippen LogP contribution in [0.25, 0.3) is 0 Å². The SMILES string of the molecule is Cc1ccc2c(c1)C(NC(=O)CCc1ccc(Cl)cc1Cl)CC(C)(C)O2. The van der Waals surface area contributed by atoms with Crippen molar-refractivity contribution in [3.05, 3.63) is 63.1 Å². The minimum atomic E-state index is -0.320. The molecule has 1 amide bonds. The lowest BCUT2D eigenvalue weighted by Crippen LogP contribution is -2.41. The zero-order valence-corrected chi connectivity index (χ0v) is 16.7. The van der Waals surface area contributed by atoms with E-state index in [1.165, 1.54) is 0 Å². The van der Waals surface area contributed by atoms with Crippen molar-refractivity contribution >= 4 is 29.1 Å². The predicted molar refractivity (Wildman–Crippen MR) is 106 cm³/mol. The second-order valence-electron chi connectivity index (χ2n) is 7.46. The molecule has 2 aromatic carbocycles. The molecule has 0 aliphatic carbocycles. The number of amides is 1. The molecular weight excluding hydrogens is 369 g/mol. The smallest absolute Gasteiger partial charge is 0.220 e. The Balaban J connectivity index is 1.70. The first-order valence-electron chi connectivity index (χ1n) is 8.76. The Morgan fingerprint density at radius 1 is 1.23 bits per heavy atom. The van der Waals surface area contributed by atoms with E-state index in [2.05, 4.69) is 11.4 Å². The van der Waals surface area contributed by atoms with Crippen LogP contribution in [0.3, 0.4) is 0 Å². The summed E-state index contributed by atoms with van der Waals surface area (Å²) in [6.07, 6.45) is 1.69. The molecule has 3 nitrogen and oxygen atoms in total. The Bertz CT molecular complexity index is 833. The maximum Gasteiger partial charge on any atom is 0.220 e. The number of aryl methyl sites for hydroxylation is 2. The number of halogens is 2. The van der Waals surface area contributed by atoms with Gasteiger partial charge in [0.1, 0.15) is 11.4 Å². The molecule has 1 unspecified atom stereocenters. The molecule has 0 spiro atoms. The van der Waals surface area contributed by atoms with Crippen molar-refractivity contribution < 1.29 is 9.53 Å². The topological polar surface area (TPSA) is 38.3 Å². The first-order chi connectivity index (χ1) is 12.2. The minimum absolute atomic E-state index is 0.00572. The predicted octanol–water partition coefficient (Wildman–Crippen LogP) is 5.65. The zero-order chi connectivity index (χ0) is 18.9. The van der Waals surface area contributed by atoms with E-state index >= 15 is 0 Å². The average Bonchev–Trinajstić information content (AvgIpc) is 2.54. The van der Waals surface area contributed by atoms with Crippen molar-refractivity contribution in [3.8, 4) is 5.75 Å². The Kier molecular flexibility index (Phi) is 5.50. The highest BCUT2D eigenvalue weighted by Crippen LogP contribution is 2.39. The molecule has 1 N–H and O–H groups in total. The highest BCUT2D eigenvalue weighted by atomic mass is 35.5. The highest BCUT2D eigenvalue weighted by Gasteiger charge is 2.34. The number of carbonyl (C=O) groups is 1. The Hall–Kier alpha value is -1.71. The Morgan fingerprint density at radius 2 is 2.00 bits per heavy atom. The van der Waals surface area contributed by atoms with Crippen LogP contribution >= 0.6 is 23.2 Å². The number of carbonyl (C=O) groups excluding carboxylic acids is 1. The normalized spacial score (nSPS) is 18.0. The van der Waals surface area contributed by atoms with E-state index in [0.717, 1.165) is 28.9 Å². The molecule has 1 aliphatic rings. The maximum atomic E-state index is 12.5. The molecule has 0 radical (unpaired) electrons. The number of hydrogen-bond acceptors (Lipinski definition) is 2. The fourth-order valence-corrected chi connectivity index (χ4v) is 3.84. The Morgan fingerprint density at radius 3 is 2.73 bits per heavy atom. The van der Waals surface area contributed by atoms with Gasteiger partial charge >= 0.3 is 0 Å². The van der Waals surface area contributed by atoms with E-state index in [1.54, 1.807) is 12.1 Å². The van der Waals surface area contributed by atoms with Gasteiger partial charge in [-0.15, -0.1) is 0 Å². The number of ether oxygens (including phenoxy) is 1. The summed E-state index contributed by atoms with van der Waals surface area (Å²) >= 11 is 12.1. The molecule has 26 heavy (non-hydrogen) atoms. The van der Waals surface area contributed by atoms with Crippen molar-refractivity contribution in [2.24, 2.45) is 0 Å². The van der Waals surface area contributed by atoms with Gasteiger partial charge < -0.3 is 10.1 Å². The summed E-state index contributed by atoms with van der Waals surface area (Å²) in [5.74, 6) is 0.851. The quantitative estimate of drug-likeness (QED) is 0.730. The molecular formula is C21H23Cl2NO2. The van der Waals surface area contributed by atoms with Crippen molar-refractivity contribution in [2.45, 2.75) is 51.7 Å². The van der Waals surface area contributed by atoms with Gasteiger partial charge in [-0.2, -0.15) is 0 Å².